The van der Waals surface area contributed by atoms with Gasteiger partial charge in [0.15, 0.2) is 5.78 Å². The summed E-state index contributed by atoms with van der Waals surface area (Å²) >= 11 is 0. The number of ether oxygens (including phenoxy) is 2. The van der Waals surface area contributed by atoms with Crippen LogP contribution in [0.1, 0.15) is 63.3 Å². The molecule has 30 heavy (non-hydrogen) atoms. The third kappa shape index (κ3) is 2.95. The van der Waals surface area contributed by atoms with Gasteiger partial charge in [-0.25, -0.2) is 0 Å². The molecule has 0 aromatic heterocycles. The Hall–Kier alpha value is -2.67. The molecule has 5 atom stereocenters. The van der Waals surface area contributed by atoms with Crippen LogP contribution in [0.15, 0.2) is 24.3 Å². The number of ketones is 1. The second-order valence-corrected chi connectivity index (χ2v) is 8.83. The second-order valence-electron chi connectivity index (χ2n) is 8.83. The number of esters is 2. The topological polar surface area (TPSA) is 110 Å². The first-order chi connectivity index (χ1) is 13.9. The number of aliphatic hydroxyl groups is 1. The van der Waals surface area contributed by atoms with E-state index in [1.807, 2.05) is 13.8 Å². The van der Waals surface area contributed by atoms with Crippen molar-refractivity contribution in [2.24, 2.45) is 11.3 Å². The van der Waals surface area contributed by atoms with Crippen LogP contribution in [0.5, 0.6) is 5.75 Å². The van der Waals surface area contributed by atoms with Crippen molar-refractivity contribution in [1.82, 2.24) is 0 Å². The first-order valence-electron chi connectivity index (χ1n) is 9.94. The molecule has 0 spiro atoms. The van der Waals surface area contributed by atoms with Crippen LogP contribution in [-0.2, 0) is 29.3 Å². The van der Waals surface area contributed by atoms with E-state index in [-0.39, 0.29) is 11.7 Å². The highest BCUT2D eigenvalue weighted by Crippen LogP contribution is 2.59. The Morgan fingerprint density at radius 1 is 1.20 bits per heavy atom. The van der Waals surface area contributed by atoms with Crippen molar-refractivity contribution in [3.8, 4) is 5.75 Å². The molecule has 0 amide bonds. The molecule has 0 aliphatic heterocycles. The summed E-state index contributed by atoms with van der Waals surface area (Å²) in [5.74, 6) is -2.91. The molecular weight excluding hydrogens is 388 g/mol. The molecule has 0 radical (unpaired) electrons. The summed E-state index contributed by atoms with van der Waals surface area (Å²) in [6, 6.07) is 3.41. The van der Waals surface area contributed by atoms with Gasteiger partial charge in [0.1, 0.15) is 23.4 Å². The van der Waals surface area contributed by atoms with Gasteiger partial charge in [-0.2, -0.15) is 0 Å². The summed E-state index contributed by atoms with van der Waals surface area (Å²) in [7, 11) is 1.18. The average Bonchev–Trinajstić information content (AvgIpc) is 2.67. The number of phenols is 1. The maximum absolute atomic E-state index is 12.9. The summed E-state index contributed by atoms with van der Waals surface area (Å²) in [6.45, 7) is 8.31. The van der Waals surface area contributed by atoms with Gasteiger partial charge >= 0.3 is 11.9 Å². The highest BCUT2D eigenvalue weighted by atomic mass is 16.6. The molecule has 0 fully saturated rings. The van der Waals surface area contributed by atoms with Crippen molar-refractivity contribution >= 4 is 17.7 Å². The van der Waals surface area contributed by atoms with E-state index >= 15 is 0 Å². The fourth-order valence-electron chi connectivity index (χ4n) is 5.13. The van der Waals surface area contributed by atoms with Crippen molar-refractivity contribution in [3.63, 3.8) is 0 Å². The molecule has 0 saturated carbocycles. The SMILES string of the molecule is COC(=O)[C@@]1(C)C(=O)C=C[C@]2(C)c3c(O)cc(C(C)C)cc3[C@H](O)[C@@H](OC(C)=O)[C@H]12. The molecule has 1 aromatic carbocycles. The molecule has 3 rings (SSSR count). The van der Waals surface area contributed by atoms with E-state index in [1.165, 1.54) is 27.0 Å². The average molecular weight is 416 g/mol. The van der Waals surface area contributed by atoms with Crippen molar-refractivity contribution in [3.05, 3.63) is 41.0 Å². The summed E-state index contributed by atoms with van der Waals surface area (Å²) in [4.78, 5) is 37.7. The van der Waals surface area contributed by atoms with Crippen LogP contribution >= 0.6 is 0 Å². The number of aromatic hydroxyl groups is 1. The van der Waals surface area contributed by atoms with Crippen LogP contribution in [0, 0.1) is 11.3 Å². The molecule has 2 aliphatic rings. The number of hydrogen-bond donors (Lipinski definition) is 2. The summed E-state index contributed by atoms with van der Waals surface area (Å²) < 4.78 is 10.4. The zero-order valence-electron chi connectivity index (χ0n) is 18.1. The number of methoxy groups -OCH3 is 1. The number of carbonyl (C=O) groups excluding carboxylic acids is 3. The van der Waals surface area contributed by atoms with Crippen LogP contribution in [0.25, 0.3) is 0 Å². The van der Waals surface area contributed by atoms with Crippen LogP contribution in [0.3, 0.4) is 0 Å². The molecule has 1 aromatic rings. The monoisotopic (exact) mass is 416 g/mol. The largest absolute Gasteiger partial charge is 0.508 e. The number of fused-ring (bicyclic) bond motifs is 3. The quantitative estimate of drug-likeness (QED) is 0.576. The molecule has 162 valence electrons. The van der Waals surface area contributed by atoms with Gasteiger partial charge in [0.05, 0.1) is 7.11 Å². The minimum Gasteiger partial charge on any atom is -0.508 e. The number of hydrogen-bond acceptors (Lipinski definition) is 7. The molecule has 0 bridgehead atoms. The van der Waals surface area contributed by atoms with Crippen LogP contribution in [0.4, 0.5) is 0 Å². The van der Waals surface area contributed by atoms with E-state index in [0.717, 1.165) is 5.56 Å². The van der Waals surface area contributed by atoms with E-state index in [0.29, 0.717) is 11.1 Å². The lowest BCUT2D eigenvalue weighted by molar-refractivity contribution is -0.183. The smallest absolute Gasteiger partial charge is 0.319 e. The number of rotatable bonds is 3. The fraction of sp³-hybridized carbons (Fsp3) is 0.522. The zero-order chi connectivity index (χ0) is 22.6. The first-order valence-corrected chi connectivity index (χ1v) is 9.94. The Bertz CT molecular complexity index is 947. The maximum atomic E-state index is 12.9. The predicted molar refractivity (Wildman–Crippen MR) is 108 cm³/mol. The van der Waals surface area contributed by atoms with E-state index in [4.69, 9.17) is 9.47 Å². The number of aliphatic hydroxyl groups excluding tert-OH is 1. The van der Waals surface area contributed by atoms with E-state index in [9.17, 15) is 24.6 Å². The first kappa shape index (κ1) is 22.0. The van der Waals surface area contributed by atoms with Crippen molar-refractivity contribution < 1.29 is 34.1 Å². The van der Waals surface area contributed by atoms with Crippen molar-refractivity contribution in [2.75, 3.05) is 7.11 Å². The minimum absolute atomic E-state index is 0.0461. The van der Waals surface area contributed by atoms with Crippen LogP contribution in [-0.4, -0.2) is 41.1 Å². The lowest BCUT2D eigenvalue weighted by Crippen LogP contribution is -2.61. The number of benzene rings is 1. The van der Waals surface area contributed by atoms with Crippen LogP contribution in [0.2, 0.25) is 0 Å². The number of allylic oxidation sites excluding steroid dienone is 2. The maximum Gasteiger partial charge on any atom is 0.319 e. The third-order valence-corrected chi connectivity index (χ3v) is 6.61. The molecule has 7 heteroatoms. The van der Waals surface area contributed by atoms with Gasteiger partial charge in [-0.1, -0.05) is 32.9 Å². The Kier molecular flexibility index (Phi) is 5.31. The highest BCUT2D eigenvalue weighted by Gasteiger charge is 2.65. The number of phenolic OH excluding ortho intramolecular Hbond substituents is 1. The second kappa shape index (κ2) is 7.23. The third-order valence-electron chi connectivity index (χ3n) is 6.61. The number of carbonyl (C=O) groups is 3. The molecule has 2 aliphatic carbocycles. The lowest BCUT2D eigenvalue weighted by Gasteiger charge is -2.54. The van der Waals surface area contributed by atoms with Crippen molar-refractivity contribution in [1.29, 1.82) is 0 Å². The van der Waals surface area contributed by atoms with Gasteiger partial charge in [0, 0.05) is 23.8 Å². The van der Waals surface area contributed by atoms with Crippen LogP contribution < -0.4 is 0 Å². The fourth-order valence-corrected chi connectivity index (χ4v) is 5.13. The zero-order valence-corrected chi connectivity index (χ0v) is 18.1. The minimum atomic E-state index is -1.72. The molecule has 0 saturated heterocycles. The van der Waals surface area contributed by atoms with Gasteiger partial charge in [-0.05, 0) is 36.1 Å². The summed E-state index contributed by atoms with van der Waals surface area (Å²) in [6.07, 6.45) is 0.380. The van der Waals surface area contributed by atoms with Gasteiger partial charge in [0.2, 0.25) is 0 Å². The van der Waals surface area contributed by atoms with Gasteiger partial charge in [-0.3, -0.25) is 14.4 Å². The summed E-state index contributed by atoms with van der Waals surface area (Å²) in [5, 5.41) is 22.2. The Morgan fingerprint density at radius 3 is 2.37 bits per heavy atom. The van der Waals surface area contributed by atoms with Gasteiger partial charge in [0.25, 0.3) is 0 Å². The Morgan fingerprint density at radius 2 is 1.83 bits per heavy atom. The molecular formula is C23H28O7. The molecule has 7 nitrogen and oxygen atoms in total. The van der Waals surface area contributed by atoms with E-state index in [2.05, 4.69) is 0 Å². The predicted octanol–water partition coefficient (Wildman–Crippen LogP) is 2.69. The summed E-state index contributed by atoms with van der Waals surface area (Å²) in [5.41, 5.74) is -1.17. The normalized spacial score (nSPS) is 32.4. The Balaban J connectivity index is 2.39. The standard InChI is InChI=1S/C23H28O7/c1-11(2)13-9-14-17(15(25)10-13)22(4)8-7-16(26)23(5,21(28)29-6)20(22)19(18(14)27)30-12(3)24/h7-11,18-20,25,27H,1-6H3/t18-,19+,20-,22+,23-/m0/s1. The van der Waals surface area contributed by atoms with Gasteiger partial charge < -0.3 is 19.7 Å². The Labute approximate surface area is 175 Å². The highest BCUT2D eigenvalue weighted by molar-refractivity contribution is 6.10. The van der Waals surface area contributed by atoms with E-state index < -0.39 is 46.7 Å². The van der Waals surface area contributed by atoms with Gasteiger partial charge in [-0.15, -0.1) is 0 Å². The lowest BCUT2D eigenvalue weighted by atomic mass is 9.50. The van der Waals surface area contributed by atoms with E-state index in [1.54, 1.807) is 25.1 Å². The molecule has 0 heterocycles. The molecule has 2 N–H and O–H groups in total. The van der Waals surface area contributed by atoms with Crippen molar-refractivity contribution in [2.45, 2.75) is 58.2 Å². The molecule has 0 unspecified atom stereocenters.